The maximum Gasteiger partial charge on any atom is 0.330 e. The minimum atomic E-state index is -0.852. The summed E-state index contributed by atoms with van der Waals surface area (Å²) in [5, 5.41) is 2.45. The Morgan fingerprint density at radius 3 is 2.62 bits per heavy atom. The number of H-pyrrole nitrogens is 1. The highest BCUT2D eigenvalue weighted by Crippen LogP contribution is 2.09. The fourth-order valence-corrected chi connectivity index (χ4v) is 1.23. The molecule has 1 aromatic heterocycles. The van der Waals surface area contributed by atoms with E-state index in [-0.39, 0.29) is 18.8 Å². The first-order valence-electron chi connectivity index (χ1n) is 4.63. The van der Waals surface area contributed by atoms with Crippen molar-refractivity contribution in [2.45, 2.75) is 19.4 Å². The molecule has 1 rings (SSSR count). The van der Waals surface area contributed by atoms with Crippen molar-refractivity contribution >= 4 is 11.5 Å². The van der Waals surface area contributed by atoms with Gasteiger partial charge in [-0.25, -0.2) is 4.79 Å². The fourth-order valence-electron chi connectivity index (χ4n) is 1.23. The van der Waals surface area contributed by atoms with Gasteiger partial charge in [-0.05, 0) is 18.0 Å². The molecule has 0 saturated heterocycles. The predicted octanol–water partition coefficient (Wildman–Crippen LogP) is 0.266. The average molecular weight is 230 g/mol. The summed E-state index contributed by atoms with van der Waals surface area (Å²) in [4.78, 5) is 35.3. The van der Waals surface area contributed by atoms with Crippen molar-refractivity contribution in [3.05, 3.63) is 25.7 Å². The number of nitrogens with one attached hydrogen (secondary N) is 1. The van der Waals surface area contributed by atoms with Gasteiger partial charge in [-0.3, -0.25) is 18.7 Å². The predicted molar refractivity (Wildman–Crippen MR) is 56.4 cm³/mol. The first-order valence-corrected chi connectivity index (χ1v) is 4.63. The minimum Gasteiger partial charge on any atom is -0.383 e. The Hall–Kier alpha value is -1.99. The van der Waals surface area contributed by atoms with Crippen LogP contribution < -0.4 is 17.0 Å². The minimum absolute atomic E-state index is 0.0287. The molecule has 0 bridgehead atoms. The summed E-state index contributed by atoms with van der Waals surface area (Å²) in [6.07, 6.45) is 0.557. The number of nitroso groups, excluding NO2 is 1. The van der Waals surface area contributed by atoms with Gasteiger partial charge in [-0.2, -0.15) is 0 Å². The van der Waals surface area contributed by atoms with Gasteiger partial charge in [0.15, 0.2) is 0 Å². The van der Waals surface area contributed by atoms with E-state index in [0.717, 1.165) is 4.57 Å². The molecular weight excluding hydrogens is 219 g/mol. The van der Waals surface area contributed by atoms with Crippen molar-refractivity contribution in [3.63, 3.8) is 0 Å². The number of aromatic nitrogens is 2. The van der Waals surface area contributed by atoms with Gasteiger partial charge in [-0.15, -0.1) is 4.91 Å². The van der Waals surface area contributed by atoms with E-state index < -0.39 is 23.6 Å². The molecule has 1 aromatic rings. The molecule has 0 fully saturated rings. The summed E-state index contributed by atoms with van der Waals surface area (Å²) in [5.41, 5.74) is 3.13. The van der Waals surface area contributed by atoms with E-state index in [1.165, 1.54) is 0 Å². The van der Waals surface area contributed by atoms with Gasteiger partial charge >= 0.3 is 5.69 Å². The monoisotopic (exact) mass is 230 g/mol. The first kappa shape index (κ1) is 12.1. The van der Waals surface area contributed by atoms with E-state index in [2.05, 4.69) is 10.2 Å². The third-order valence-electron chi connectivity index (χ3n) is 2.05. The van der Waals surface area contributed by atoms with Crippen LogP contribution in [-0.2, 0) is 6.54 Å². The number of anilines is 1. The molecule has 0 aliphatic carbocycles. The number of nitrogen functional groups attached to an aromatic ring is 1. The second-order valence-corrected chi connectivity index (χ2v) is 3.14. The molecule has 1 heterocycles. The Labute approximate surface area is 89.1 Å². The van der Waals surface area contributed by atoms with Gasteiger partial charge in [-0.1, -0.05) is 0 Å². The number of rotatable bonds is 5. The summed E-state index contributed by atoms with van der Waals surface area (Å²) >= 11 is 0. The van der Waals surface area contributed by atoms with Crippen LogP contribution >= 0.6 is 0 Å². The number of nitrogens with two attached hydrogens (primary N) is 1. The number of hydrogen-bond donors (Lipinski definition) is 2. The van der Waals surface area contributed by atoms with Gasteiger partial charge in [0, 0.05) is 6.54 Å². The number of halogens is 1. The average Bonchev–Trinajstić information content (AvgIpc) is 2.23. The molecule has 0 spiro atoms. The lowest BCUT2D eigenvalue weighted by atomic mass is 10.3. The van der Waals surface area contributed by atoms with E-state index >= 15 is 0 Å². The van der Waals surface area contributed by atoms with Crippen LogP contribution in [0.25, 0.3) is 0 Å². The number of nitrogens with zero attached hydrogens (tertiary/aromatic N) is 2. The molecule has 88 valence electrons. The van der Waals surface area contributed by atoms with Crippen LogP contribution in [0.1, 0.15) is 12.8 Å². The second-order valence-electron chi connectivity index (χ2n) is 3.14. The number of hydrogen-bond acceptors (Lipinski definition) is 5. The van der Waals surface area contributed by atoms with E-state index in [9.17, 15) is 18.9 Å². The number of aromatic amines is 1. The van der Waals surface area contributed by atoms with Crippen LogP contribution in [0.5, 0.6) is 0 Å². The van der Waals surface area contributed by atoms with Gasteiger partial charge < -0.3 is 5.73 Å². The first-order chi connectivity index (χ1) is 7.61. The molecule has 7 nitrogen and oxygen atoms in total. The third kappa shape index (κ3) is 2.33. The number of unbranched alkanes of at least 4 members (excludes halogenated alkanes) is 1. The molecule has 0 aliphatic heterocycles. The van der Waals surface area contributed by atoms with Crippen molar-refractivity contribution in [1.82, 2.24) is 9.55 Å². The number of alkyl halides is 1. The topological polar surface area (TPSA) is 110 Å². The Morgan fingerprint density at radius 2 is 2.06 bits per heavy atom. The van der Waals surface area contributed by atoms with Crippen molar-refractivity contribution in [3.8, 4) is 0 Å². The normalized spacial score (nSPS) is 10.3. The molecule has 0 atom stereocenters. The van der Waals surface area contributed by atoms with Crippen molar-refractivity contribution in [1.29, 1.82) is 0 Å². The Balaban J connectivity index is 3.14. The Bertz CT molecular complexity index is 493. The van der Waals surface area contributed by atoms with Crippen LogP contribution in [0.15, 0.2) is 14.8 Å². The zero-order chi connectivity index (χ0) is 12.1. The summed E-state index contributed by atoms with van der Waals surface area (Å²) < 4.78 is 12.6. The molecular formula is C8H11FN4O3. The molecule has 0 amide bonds. The molecule has 8 heteroatoms. The Morgan fingerprint density at radius 1 is 1.38 bits per heavy atom. The lowest BCUT2D eigenvalue weighted by Gasteiger charge is -2.04. The van der Waals surface area contributed by atoms with Gasteiger partial charge in [0.2, 0.25) is 5.69 Å². The highest BCUT2D eigenvalue weighted by atomic mass is 19.1. The van der Waals surface area contributed by atoms with E-state index in [4.69, 9.17) is 5.73 Å². The molecule has 0 radical (unpaired) electrons. The van der Waals surface area contributed by atoms with Crippen LogP contribution in [0.2, 0.25) is 0 Å². The highest BCUT2D eigenvalue weighted by molar-refractivity contribution is 5.54. The van der Waals surface area contributed by atoms with Gasteiger partial charge in [0.25, 0.3) is 5.56 Å². The molecule has 0 saturated carbocycles. The van der Waals surface area contributed by atoms with Crippen LogP contribution in [0.3, 0.4) is 0 Å². The van der Waals surface area contributed by atoms with Crippen LogP contribution in [0.4, 0.5) is 15.9 Å². The zero-order valence-electron chi connectivity index (χ0n) is 8.40. The Kier molecular flexibility index (Phi) is 3.92. The standard InChI is InChI=1S/C8H11FN4O3/c9-3-1-2-4-13-7(14)5(12-16)6(10)11-8(13)15/h1-4,10H2,(H,11,15). The third-order valence-corrected chi connectivity index (χ3v) is 2.05. The highest BCUT2D eigenvalue weighted by Gasteiger charge is 2.11. The summed E-state index contributed by atoms with van der Waals surface area (Å²) in [6.45, 7) is -0.499. The van der Waals surface area contributed by atoms with E-state index in [1.807, 2.05) is 0 Å². The molecule has 0 aliphatic rings. The van der Waals surface area contributed by atoms with Crippen molar-refractivity contribution < 1.29 is 4.39 Å². The molecule has 3 N–H and O–H groups in total. The second kappa shape index (κ2) is 5.19. The summed E-state index contributed by atoms with van der Waals surface area (Å²) in [7, 11) is 0. The lowest BCUT2D eigenvalue weighted by Crippen LogP contribution is -2.35. The molecule has 16 heavy (non-hydrogen) atoms. The molecule has 0 aromatic carbocycles. The quantitative estimate of drug-likeness (QED) is 0.558. The smallest absolute Gasteiger partial charge is 0.330 e. The van der Waals surface area contributed by atoms with E-state index in [0.29, 0.717) is 6.42 Å². The SMILES string of the molecule is Nc1[nH]c(=O)n(CCCCF)c(=O)c1N=O. The van der Waals surface area contributed by atoms with Crippen molar-refractivity contribution in [2.75, 3.05) is 12.4 Å². The van der Waals surface area contributed by atoms with Gasteiger partial charge in [0.1, 0.15) is 5.82 Å². The van der Waals surface area contributed by atoms with Crippen LogP contribution in [-0.4, -0.2) is 16.2 Å². The summed E-state index contributed by atoms with van der Waals surface area (Å²) in [6, 6.07) is 0. The fraction of sp³-hybridized carbons (Fsp3) is 0.500. The summed E-state index contributed by atoms with van der Waals surface area (Å²) in [5.74, 6) is -0.355. The van der Waals surface area contributed by atoms with E-state index in [1.54, 1.807) is 0 Å². The zero-order valence-corrected chi connectivity index (χ0v) is 8.40. The van der Waals surface area contributed by atoms with Gasteiger partial charge in [0.05, 0.1) is 6.67 Å². The molecule has 0 unspecified atom stereocenters. The maximum absolute atomic E-state index is 11.8. The largest absolute Gasteiger partial charge is 0.383 e. The lowest BCUT2D eigenvalue weighted by molar-refractivity contribution is 0.442. The van der Waals surface area contributed by atoms with Crippen molar-refractivity contribution in [2.24, 2.45) is 5.18 Å². The maximum atomic E-state index is 11.8. The van der Waals surface area contributed by atoms with Crippen LogP contribution in [0, 0.1) is 4.91 Å².